The molecule has 0 unspecified atom stereocenters. The van der Waals surface area contributed by atoms with E-state index < -0.39 is 0 Å². The molecule has 5 nitrogen and oxygen atoms in total. The van der Waals surface area contributed by atoms with Crippen LogP contribution in [-0.2, 0) is 4.74 Å². The van der Waals surface area contributed by atoms with Crippen molar-refractivity contribution in [2.24, 2.45) is 0 Å². The van der Waals surface area contributed by atoms with Crippen LogP contribution in [0.2, 0.25) is 5.02 Å². The van der Waals surface area contributed by atoms with Crippen molar-refractivity contribution in [2.45, 2.75) is 33.2 Å². The van der Waals surface area contributed by atoms with Crippen molar-refractivity contribution in [3.63, 3.8) is 0 Å². The van der Waals surface area contributed by atoms with Gasteiger partial charge in [0, 0.05) is 32.4 Å². The molecule has 0 radical (unpaired) electrons. The number of nitrogens with one attached hydrogen (secondary N) is 1. The van der Waals surface area contributed by atoms with Crippen molar-refractivity contribution >= 4 is 23.3 Å². The predicted molar refractivity (Wildman–Crippen MR) is 86.1 cm³/mol. The van der Waals surface area contributed by atoms with Crippen LogP contribution in [0.3, 0.4) is 0 Å². The van der Waals surface area contributed by atoms with Crippen LogP contribution in [0.5, 0.6) is 0 Å². The second-order valence-corrected chi connectivity index (χ2v) is 5.47. The number of pyridine rings is 1. The highest BCUT2D eigenvalue weighted by atomic mass is 35.5. The Morgan fingerprint density at radius 2 is 2.24 bits per heavy atom. The molecule has 1 rings (SSSR count). The molecule has 0 saturated carbocycles. The van der Waals surface area contributed by atoms with E-state index in [0.29, 0.717) is 29.6 Å². The summed E-state index contributed by atoms with van der Waals surface area (Å²) in [4.78, 5) is 18.6. The monoisotopic (exact) mass is 313 g/mol. The molecular weight excluding hydrogens is 290 g/mol. The Morgan fingerprint density at radius 1 is 1.52 bits per heavy atom. The summed E-state index contributed by atoms with van der Waals surface area (Å²) in [5, 5.41) is 3.53. The van der Waals surface area contributed by atoms with Gasteiger partial charge in [0.25, 0.3) is 5.91 Å². The predicted octanol–water partition coefficient (Wildman–Crippen LogP) is 3.05. The van der Waals surface area contributed by atoms with Gasteiger partial charge in [0.05, 0.1) is 17.2 Å². The number of hydrogen-bond donors (Lipinski definition) is 1. The lowest BCUT2D eigenvalue weighted by Gasteiger charge is -2.27. The first-order chi connectivity index (χ1) is 10.0. The molecule has 6 heteroatoms. The third-order valence-corrected chi connectivity index (χ3v) is 3.36. The number of nitrogens with zero attached hydrogens (tertiary/aromatic N) is 2. The molecule has 1 amide bonds. The molecule has 0 spiro atoms. The second kappa shape index (κ2) is 8.85. The fraction of sp³-hybridized carbons (Fsp3) is 0.600. The molecule has 21 heavy (non-hydrogen) atoms. The van der Waals surface area contributed by atoms with Gasteiger partial charge < -0.3 is 15.0 Å². The number of aromatic nitrogens is 1. The van der Waals surface area contributed by atoms with Crippen LogP contribution < -0.4 is 5.32 Å². The van der Waals surface area contributed by atoms with Crippen LogP contribution in [0.4, 0.5) is 5.82 Å². The molecule has 1 aromatic rings. The lowest BCUT2D eigenvalue weighted by molar-refractivity contribution is 0.0635. The van der Waals surface area contributed by atoms with Crippen LogP contribution in [0.25, 0.3) is 0 Å². The minimum absolute atomic E-state index is 0.0731. The first-order valence-corrected chi connectivity index (χ1v) is 7.58. The summed E-state index contributed by atoms with van der Waals surface area (Å²) in [7, 11) is 1.62. The second-order valence-electron chi connectivity index (χ2n) is 5.06. The Labute approximate surface area is 131 Å². The van der Waals surface area contributed by atoms with E-state index in [4.69, 9.17) is 16.3 Å². The van der Waals surface area contributed by atoms with Gasteiger partial charge in [-0.1, -0.05) is 18.5 Å². The van der Waals surface area contributed by atoms with Gasteiger partial charge >= 0.3 is 0 Å². The Balaban J connectivity index is 2.97. The number of hydrogen-bond acceptors (Lipinski definition) is 4. The molecular formula is C15H24ClN3O2. The van der Waals surface area contributed by atoms with Crippen LogP contribution in [0, 0.1) is 0 Å². The van der Waals surface area contributed by atoms with Gasteiger partial charge in [0.2, 0.25) is 0 Å². The minimum atomic E-state index is -0.103. The lowest BCUT2D eigenvalue weighted by Crippen LogP contribution is -2.39. The maximum absolute atomic E-state index is 12.7. The first-order valence-electron chi connectivity index (χ1n) is 7.20. The number of carbonyl (C=O) groups is 1. The SMILES string of the molecule is CCCNc1cc(C(=O)N(CCOC)C(C)C)c(Cl)cn1. The van der Waals surface area contributed by atoms with E-state index >= 15 is 0 Å². The molecule has 0 aliphatic rings. The number of halogens is 1. The fourth-order valence-corrected chi connectivity index (χ4v) is 2.08. The zero-order valence-corrected chi connectivity index (χ0v) is 13.9. The Bertz CT molecular complexity index is 466. The summed E-state index contributed by atoms with van der Waals surface area (Å²) in [5.41, 5.74) is 0.468. The summed E-state index contributed by atoms with van der Waals surface area (Å²) in [5.74, 6) is 0.564. The minimum Gasteiger partial charge on any atom is -0.383 e. The summed E-state index contributed by atoms with van der Waals surface area (Å²) in [6, 6.07) is 1.78. The summed E-state index contributed by atoms with van der Waals surface area (Å²) in [6.07, 6.45) is 2.50. The van der Waals surface area contributed by atoms with E-state index in [0.717, 1.165) is 13.0 Å². The van der Waals surface area contributed by atoms with Crippen LogP contribution in [0.15, 0.2) is 12.3 Å². The fourth-order valence-electron chi connectivity index (χ4n) is 1.89. The summed E-state index contributed by atoms with van der Waals surface area (Å²) < 4.78 is 5.06. The van der Waals surface area contributed by atoms with E-state index in [9.17, 15) is 4.79 Å². The number of rotatable bonds is 8. The van der Waals surface area contributed by atoms with Gasteiger partial charge in [0.15, 0.2) is 0 Å². The Morgan fingerprint density at radius 3 is 2.81 bits per heavy atom. The quantitative estimate of drug-likeness (QED) is 0.801. The van der Waals surface area contributed by atoms with E-state index in [1.165, 1.54) is 6.20 Å². The van der Waals surface area contributed by atoms with Gasteiger partial charge in [0.1, 0.15) is 5.82 Å². The van der Waals surface area contributed by atoms with Crippen molar-refractivity contribution in [2.75, 3.05) is 32.1 Å². The normalized spacial score (nSPS) is 10.8. The van der Waals surface area contributed by atoms with Gasteiger partial charge in [-0.3, -0.25) is 4.79 Å². The van der Waals surface area contributed by atoms with Gasteiger partial charge in [-0.15, -0.1) is 0 Å². The molecule has 0 bridgehead atoms. The highest BCUT2D eigenvalue weighted by Crippen LogP contribution is 2.21. The smallest absolute Gasteiger partial charge is 0.255 e. The Kier molecular flexibility index (Phi) is 7.47. The van der Waals surface area contributed by atoms with Gasteiger partial charge in [-0.25, -0.2) is 4.98 Å². The van der Waals surface area contributed by atoms with Crippen molar-refractivity contribution < 1.29 is 9.53 Å². The number of ether oxygens (including phenoxy) is 1. The topological polar surface area (TPSA) is 54.5 Å². The average Bonchev–Trinajstić information content (AvgIpc) is 2.46. The van der Waals surface area contributed by atoms with Crippen molar-refractivity contribution in [3.05, 3.63) is 22.8 Å². The maximum atomic E-state index is 12.7. The molecule has 0 fully saturated rings. The number of carbonyl (C=O) groups excluding carboxylic acids is 1. The van der Waals surface area contributed by atoms with Crippen LogP contribution >= 0.6 is 11.6 Å². The average molecular weight is 314 g/mol. The van der Waals surface area contributed by atoms with Crippen molar-refractivity contribution in [1.29, 1.82) is 0 Å². The van der Waals surface area contributed by atoms with E-state index in [-0.39, 0.29) is 11.9 Å². The van der Waals surface area contributed by atoms with Crippen molar-refractivity contribution in [3.8, 4) is 0 Å². The van der Waals surface area contributed by atoms with Gasteiger partial charge in [-0.05, 0) is 26.3 Å². The number of amides is 1. The highest BCUT2D eigenvalue weighted by Gasteiger charge is 2.21. The zero-order chi connectivity index (χ0) is 15.8. The van der Waals surface area contributed by atoms with Gasteiger partial charge in [-0.2, -0.15) is 0 Å². The van der Waals surface area contributed by atoms with E-state index in [1.807, 2.05) is 13.8 Å². The summed E-state index contributed by atoms with van der Waals surface area (Å²) >= 11 is 6.14. The Hall–Kier alpha value is -1.33. The third-order valence-electron chi connectivity index (χ3n) is 3.06. The highest BCUT2D eigenvalue weighted by molar-refractivity contribution is 6.33. The van der Waals surface area contributed by atoms with E-state index in [2.05, 4.69) is 17.2 Å². The number of methoxy groups -OCH3 is 1. The largest absolute Gasteiger partial charge is 0.383 e. The summed E-state index contributed by atoms with van der Waals surface area (Å²) in [6.45, 7) is 7.84. The van der Waals surface area contributed by atoms with Crippen LogP contribution in [0.1, 0.15) is 37.6 Å². The van der Waals surface area contributed by atoms with Crippen molar-refractivity contribution in [1.82, 2.24) is 9.88 Å². The molecule has 1 N–H and O–H groups in total. The molecule has 0 aliphatic carbocycles. The molecule has 0 atom stereocenters. The number of anilines is 1. The molecule has 118 valence electrons. The zero-order valence-electron chi connectivity index (χ0n) is 13.1. The lowest BCUT2D eigenvalue weighted by atomic mass is 10.2. The maximum Gasteiger partial charge on any atom is 0.255 e. The molecule has 0 saturated heterocycles. The van der Waals surface area contributed by atoms with Crippen LogP contribution in [-0.4, -0.2) is 48.6 Å². The first kappa shape index (κ1) is 17.7. The molecule has 0 aromatic carbocycles. The molecule has 1 heterocycles. The third kappa shape index (κ3) is 5.17. The van der Waals surface area contributed by atoms with E-state index in [1.54, 1.807) is 18.1 Å². The molecule has 1 aromatic heterocycles. The molecule has 0 aliphatic heterocycles. The standard InChI is InChI=1S/C15H24ClN3O2/c1-5-6-17-14-9-12(13(16)10-18-14)15(20)19(11(2)3)7-8-21-4/h9-11H,5-8H2,1-4H3,(H,17,18).